The lowest BCUT2D eigenvalue weighted by molar-refractivity contribution is -0.116. The highest BCUT2D eigenvalue weighted by Gasteiger charge is 2.15. The number of aromatic nitrogens is 2. The molecule has 146 valence electrons. The fourth-order valence-corrected chi connectivity index (χ4v) is 3.51. The van der Waals surface area contributed by atoms with E-state index in [1.807, 2.05) is 0 Å². The highest BCUT2D eigenvalue weighted by atomic mass is 35.5. The summed E-state index contributed by atoms with van der Waals surface area (Å²) in [5, 5.41) is 11.1. The van der Waals surface area contributed by atoms with E-state index in [2.05, 4.69) is 20.8 Å². The molecule has 2 amide bonds. The molecule has 0 radical (unpaired) electrons. The largest absolute Gasteiger partial charge is 0.344 e. The van der Waals surface area contributed by atoms with Crippen molar-refractivity contribution < 1.29 is 18.5 Å². The van der Waals surface area contributed by atoms with Gasteiger partial charge in [-0.05, 0) is 43.1 Å². The third-order valence-electron chi connectivity index (χ3n) is 3.85. The number of carbonyl (C=O) groups is 2. The number of benzene rings is 1. The van der Waals surface area contributed by atoms with E-state index in [9.17, 15) is 14.0 Å². The first-order valence-electron chi connectivity index (χ1n) is 8.27. The maximum Gasteiger partial charge on any atom is 0.229 e. The molecule has 1 aromatic carbocycles. The van der Waals surface area contributed by atoms with Gasteiger partial charge in [0.1, 0.15) is 5.82 Å². The van der Waals surface area contributed by atoms with Crippen LogP contribution in [0, 0.1) is 12.7 Å². The number of nitrogens with one attached hydrogen (secondary N) is 2. The summed E-state index contributed by atoms with van der Waals surface area (Å²) in [4.78, 5) is 27.4. The second kappa shape index (κ2) is 8.49. The lowest BCUT2D eigenvalue weighted by atomic mass is 10.1. The van der Waals surface area contributed by atoms with Crippen molar-refractivity contribution in [3.05, 3.63) is 45.9 Å². The first kappa shape index (κ1) is 20.0. The van der Waals surface area contributed by atoms with Gasteiger partial charge in [-0.25, -0.2) is 9.37 Å². The maximum atomic E-state index is 14.3. The van der Waals surface area contributed by atoms with Gasteiger partial charge in [0.15, 0.2) is 5.13 Å². The predicted octanol–water partition coefficient (Wildman–Crippen LogP) is 4.43. The molecular formula is C18H16ClFN4O3S. The van der Waals surface area contributed by atoms with Crippen LogP contribution in [0.4, 0.5) is 15.2 Å². The van der Waals surface area contributed by atoms with Gasteiger partial charge in [-0.3, -0.25) is 9.59 Å². The number of amides is 2. The molecule has 0 saturated carbocycles. The summed E-state index contributed by atoms with van der Waals surface area (Å²) in [5.74, 6) is -1.06. The molecule has 2 aromatic heterocycles. The Balaban J connectivity index is 1.64. The van der Waals surface area contributed by atoms with Crippen molar-refractivity contribution in [2.75, 3.05) is 10.6 Å². The van der Waals surface area contributed by atoms with Crippen LogP contribution >= 0.6 is 22.9 Å². The molecule has 28 heavy (non-hydrogen) atoms. The van der Waals surface area contributed by atoms with Crippen molar-refractivity contribution in [3.8, 4) is 11.3 Å². The van der Waals surface area contributed by atoms with E-state index in [0.717, 1.165) is 0 Å². The molecule has 2 N–H and O–H groups in total. The summed E-state index contributed by atoms with van der Waals surface area (Å²) in [7, 11) is 0. The molecule has 0 aliphatic heterocycles. The fraction of sp³-hybridized carbons (Fsp3) is 0.222. The van der Waals surface area contributed by atoms with Crippen molar-refractivity contribution >= 4 is 45.6 Å². The van der Waals surface area contributed by atoms with Gasteiger partial charge < -0.3 is 15.2 Å². The van der Waals surface area contributed by atoms with Crippen LogP contribution in [0.15, 0.2) is 28.1 Å². The number of thiazole rings is 1. The molecule has 0 aliphatic rings. The minimum atomic E-state index is -0.521. The quantitative estimate of drug-likeness (QED) is 0.612. The average molecular weight is 423 g/mol. The third-order valence-corrected chi connectivity index (χ3v) is 4.91. The van der Waals surface area contributed by atoms with Crippen LogP contribution in [0.2, 0.25) is 5.22 Å². The first-order chi connectivity index (χ1) is 13.3. The predicted molar refractivity (Wildman–Crippen MR) is 105 cm³/mol. The Labute approximate surface area is 168 Å². The Morgan fingerprint density at radius 2 is 2.11 bits per heavy atom. The zero-order valence-corrected chi connectivity index (χ0v) is 16.6. The van der Waals surface area contributed by atoms with Crippen LogP contribution in [-0.2, 0) is 16.0 Å². The summed E-state index contributed by atoms with van der Waals surface area (Å²) in [6, 6.07) is 4.33. The number of halogens is 2. The van der Waals surface area contributed by atoms with Crippen LogP contribution < -0.4 is 10.6 Å². The molecule has 0 unspecified atom stereocenters. The average Bonchev–Trinajstić information content (AvgIpc) is 3.19. The first-order valence-corrected chi connectivity index (χ1v) is 9.52. The monoisotopic (exact) mass is 422 g/mol. The van der Waals surface area contributed by atoms with Gasteiger partial charge in [0, 0.05) is 35.5 Å². The molecule has 0 spiro atoms. The Kier molecular flexibility index (Phi) is 6.05. The van der Waals surface area contributed by atoms with E-state index in [4.69, 9.17) is 16.1 Å². The molecule has 0 bridgehead atoms. The lowest BCUT2D eigenvalue weighted by Gasteiger charge is -2.05. The molecule has 3 aromatic rings. The number of anilines is 2. The molecule has 0 atom stereocenters. The van der Waals surface area contributed by atoms with E-state index in [-0.39, 0.29) is 29.0 Å². The minimum absolute atomic E-state index is 0.177. The van der Waals surface area contributed by atoms with Crippen LogP contribution in [0.1, 0.15) is 24.6 Å². The fourth-order valence-electron chi connectivity index (χ4n) is 2.52. The standard InChI is InChI=1S/C18H16ClFN4O3S/c1-9-12(17(19)27-24-9)5-6-16(26)23-18-22-15(8-28-18)13-4-3-11(7-14(13)20)21-10(2)25/h3-4,7-8H,5-6H2,1-2H3,(H,21,25)(H,22,23,26). The topological polar surface area (TPSA) is 97.1 Å². The van der Waals surface area contributed by atoms with Crippen LogP contribution in [0.3, 0.4) is 0 Å². The number of rotatable bonds is 6. The zero-order chi connectivity index (χ0) is 20.3. The van der Waals surface area contributed by atoms with Crippen LogP contribution in [-0.4, -0.2) is 22.0 Å². The number of hydrogen-bond acceptors (Lipinski definition) is 6. The third kappa shape index (κ3) is 4.73. The molecule has 0 aliphatic carbocycles. The SMILES string of the molecule is CC(=O)Nc1ccc(-c2csc(NC(=O)CCc3c(C)noc3Cl)n2)c(F)c1. The Bertz CT molecular complexity index is 1010. The number of carbonyl (C=O) groups excluding carboxylic acids is 2. The Morgan fingerprint density at radius 1 is 1.32 bits per heavy atom. The highest BCUT2D eigenvalue weighted by Crippen LogP contribution is 2.29. The summed E-state index contributed by atoms with van der Waals surface area (Å²) in [6.07, 6.45) is 0.563. The van der Waals surface area contributed by atoms with Crippen molar-refractivity contribution in [1.29, 1.82) is 0 Å². The molecule has 0 saturated heterocycles. The second-order valence-electron chi connectivity index (χ2n) is 5.98. The van der Waals surface area contributed by atoms with Gasteiger partial charge >= 0.3 is 0 Å². The number of hydrogen-bond donors (Lipinski definition) is 2. The van der Waals surface area contributed by atoms with Crippen molar-refractivity contribution in [1.82, 2.24) is 10.1 Å². The molecule has 0 fully saturated rings. The summed E-state index contributed by atoms with van der Waals surface area (Å²) < 4.78 is 19.2. The molecule has 7 nitrogen and oxygen atoms in total. The number of aryl methyl sites for hydroxylation is 1. The van der Waals surface area contributed by atoms with Crippen molar-refractivity contribution in [3.63, 3.8) is 0 Å². The van der Waals surface area contributed by atoms with Crippen LogP contribution in [0.5, 0.6) is 0 Å². The molecular weight excluding hydrogens is 407 g/mol. The minimum Gasteiger partial charge on any atom is -0.344 e. The van der Waals surface area contributed by atoms with Gasteiger partial charge in [-0.2, -0.15) is 0 Å². The van der Waals surface area contributed by atoms with E-state index < -0.39 is 5.82 Å². The molecule has 3 rings (SSSR count). The van der Waals surface area contributed by atoms with E-state index in [1.54, 1.807) is 18.4 Å². The number of nitrogens with zero attached hydrogens (tertiary/aromatic N) is 2. The van der Waals surface area contributed by atoms with Crippen molar-refractivity contribution in [2.45, 2.75) is 26.7 Å². The van der Waals surface area contributed by atoms with Crippen LogP contribution in [0.25, 0.3) is 11.3 Å². The second-order valence-corrected chi connectivity index (χ2v) is 7.18. The van der Waals surface area contributed by atoms with E-state index >= 15 is 0 Å². The normalized spacial score (nSPS) is 10.7. The Morgan fingerprint density at radius 3 is 2.75 bits per heavy atom. The summed E-state index contributed by atoms with van der Waals surface area (Å²) in [5.41, 5.74) is 2.37. The smallest absolute Gasteiger partial charge is 0.229 e. The van der Waals surface area contributed by atoms with Gasteiger partial charge in [-0.1, -0.05) is 5.16 Å². The molecule has 2 heterocycles. The van der Waals surface area contributed by atoms with E-state index in [1.165, 1.54) is 30.4 Å². The van der Waals surface area contributed by atoms with Gasteiger partial charge in [0.25, 0.3) is 0 Å². The zero-order valence-electron chi connectivity index (χ0n) is 15.0. The maximum absolute atomic E-state index is 14.3. The summed E-state index contributed by atoms with van der Waals surface area (Å²) in [6.45, 7) is 3.10. The lowest BCUT2D eigenvalue weighted by Crippen LogP contribution is -2.12. The summed E-state index contributed by atoms with van der Waals surface area (Å²) >= 11 is 7.07. The van der Waals surface area contributed by atoms with Gasteiger partial charge in [0.2, 0.25) is 17.0 Å². The van der Waals surface area contributed by atoms with Gasteiger partial charge in [-0.15, -0.1) is 11.3 Å². The molecule has 10 heteroatoms. The van der Waals surface area contributed by atoms with E-state index in [0.29, 0.717) is 34.2 Å². The Hall–Kier alpha value is -2.78. The van der Waals surface area contributed by atoms with Gasteiger partial charge in [0.05, 0.1) is 11.4 Å². The van der Waals surface area contributed by atoms with Crippen molar-refractivity contribution in [2.24, 2.45) is 0 Å². The highest BCUT2D eigenvalue weighted by molar-refractivity contribution is 7.14.